The molecule has 3 amide bonds. The van der Waals surface area contributed by atoms with Crippen LogP contribution >= 0.6 is 0 Å². The minimum absolute atomic E-state index is 0.0445. The van der Waals surface area contributed by atoms with Crippen LogP contribution in [0.5, 0.6) is 0 Å². The highest BCUT2D eigenvalue weighted by Gasteiger charge is 2.38. The average molecular weight is 283 g/mol. The first-order valence-electron chi connectivity index (χ1n) is 7.05. The van der Waals surface area contributed by atoms with Crippen LogP contribution in [-0.2, 0) is 9.59 Å². The Bertz CT molecular complexity index is 412. The van der Waals surface area contributed by atoms with Crippen molar-refractivity contribution in [1.82, 2.24) is 15.1 Å². The Kier molecular flexibility index (Phi) is 4.46. The topological polar surface area (TPSA) is 90.0 Å². The maximum atomic E-state index is 12.5. The molecule has 2 aliphatic heterocycles. The molecule has 0 saturated carbocycles. The van der Waals surface area contributed by atoms with E-state index in [1.165, 1.54) is 4.90 Å². The van der Waals surface area contributed by atoms with Crippen molar-refractivity contribution < 1.29 is 19.5 Å². The first-order valence-corrected chi connectivity index (χ1v) is 7.05. The van der Waals surface area contributed by atoms with E-state index >= 15 is 0 Å². The molecule has 2 heterocycles. The number of nitrogens with zero attached hydrogens (tertiary/aromatic N) is 2. The summed E-state index contributed by atoms with van der Waals surface area (Å²) in [5.74, 6) is -1.06. The van der Waals surface area contributed by atoms with Crippen LogP contribution in [0.15, 0.2) is 0 Å². The number of likely N-dealkylation sites (tertiary alicyclic amines) is 1. The minimum atomic E-state index is -0.949. The molecule has 2 atom stereocenters. The van der Waals surface area contributed by atoms with E-state index in [4.69, 9.17) is 0 Å². The average Bonchev–Trinajstić information content (AvgIpc) is 2.62. The third kappa shape index (κ3) is 3.02. The van der Waals surface area contributed by atoms with Gasteiger partial charge >= 0.3 is 12.0 Å². The summed E-state index contributed by atoms with van der Waals surface area (Å²) < 4.78 is 0. The van der Waals surface area contributed by atoms with E-state index in [0.29, 0.717) is 26.2 Å². The predicted molar refractivity (Wildman–Crippen MR) is 71.1 cm³/mol. The summed E-state index contributed by atoms with van der Waals surface area (Å²) in [5.41, 5.74) is 0. The molecule has 2 N–H and O–H groups in total. The Morgan fingerprint density at radius 3 is 2.75 bits per heavy atom. The van der Waals surface area contributed by atoms with Gasteiger partial charge in [0.1, 0.15) is 6.04 Å². The standard InChI is InChI=1S/C13H21N3O4/c1-9-3-2-6-16(11(9)12(18)19)13(20)15-7-4-10(17)14-5-8-15/h9,11H,2-8H2,1H3,(H,14,17)(H,18,19). The van der Waals surface area contributed by atoms with Gasteiger partial charge in [-0.2, -0.15) is 0 Å². The van der Waals surface area contributed by atoms with Crippen molar-refractivity contribution >= 4 is 17.9 Å². The van der Waals surface area contributed by atoms with Crippen LogP contribution in [0.4, 0.5) is 4.79 Å². The fourth-order valence-electron chi connectivity index (χ4n) is 2.92. The summed E-state index contributed by atoms with van der Waals surface area (Å²) in [5, 5.41) is 12.1. The molecule has 7 heteroatoms. The number of hydrogen-bond acceptors (Lipinski definition) is 3. The van der Waals surface area contributed by atoms with E-state index in [1.54, 1.807) is 4.90 Å². The second-order valence-corrected chi connectivity index (χ2v) is 5.47. The van der Waals surface area contributed by atoms with Crippen molar-refractivity contribution in [2.24, 2.45) is 5.92 Å². The van der Waals surface area contributed by atoms with E-state index in [-0.39, 0.29) is 24.3 Å². The first-order chi connectivity index (χ1) is 9.50. The van der Waals surface area contributed by atoms with Gasteiger partial charge in [-0.05, 0) is 18.8 Å². The highest BCUT2D eigenvalue weighted by atomic mass is 16.4. The highest BCUT2D eigenvalue weighted by Crippen LogP contribution is 2.24. The van der Waals surface area contributed by atoms with Crippen LogP contribution in [-0.4, -0.2) is 65.0 Å². The summed E-state index contributed by atoms with van der Waals surface area (Å²) >= 11 is 0. The zero-order valence-corrected chi connectivity index (χ0v) is 11.7. The molecule has 0 spiro atoms. The van der Waals surface area contributed by atoms with E-state index in [1.807, 2.05) is 6.92 Å². The zero-order valence-electron chi connectivity index (χ0n) is 11.7. The molecule has 0 radical (unpaired) electrons. The minimum Gasteiger partial charge on any atom is -0.480 e. The molecule has 0 aromatic carbocycles. The number of carbonyl (C=O) groups excluding carboxylic acids is 2. The molecule has 0 aromatic rings. The molecule has 0 aromatic heterocycles. The molecule has 2 aliphatic rings. The molecule has 112 valence electrons. The number of piperidine rings is 1. The maximum Gasteiger partial charge on any atom is 0.326 e. The predicted octanol–water partition coefficient (Wildman–Crippen LogP) is 0.113. The number of aliphatic carboxylic acids is 1. The summed E-state index contributed by atoms with van der Waals surface area (Å²) in [6.07, 6.45) is 1.91. The van der Waals surface area contributed by atoms with Gasteiger partial charge in [0.15, 0.2) is 0 Å². The Hall–Kier alpha value is -1.79. The molecule has 20 heavy (non-hydrogen) atoms. The maximum absolute atomic E-state index is 12.5. The highest BCUT2D eigenvalue weighted by molar-refractivity contribution is 5.84. The Labute approximate surface area is 117 Å². The second-order valence-electron chi connectivity index (χ2n) is 5.47. The Morgan fingerprint density at radius 2 is 2.05 bits per heavy atom. The molecular weight excluding hydrogens is 262 g/mol. The van der Waals surface area contributed by atoms with Gasteiger partial charge < -0.3 is 20.2 Å². The van der Waals surface area contributed by atoms with Gasteiger partial charge in [0.05, 0.1) is 0 Å². The summed E-state index contributed by atoms with van der Waals surface area (Å²) in [7, 11) is 0. The molecule has 7 nitrogen and oxygen atoms in total. The van der Waals surface area contributed by atoms with Gasteiger partial charge in [0, 0.05) is 32.6 Å². The monoisotopic (exact) mass is 283 g/mol. The number of urea groups is 1. The van der Waals surface area contributed by atoms with E-state index < -0.39 is 12.0 Å². The van der Waals surface area contributed by atoms with Gasteiger partial charge in [0.25, 0.3) is 0 Å². The van der Waals surface area contributed by atoms with E-state index in [2.05, 4.69) is 5.32 Å². The molecule has 2 saturated heterocycles. The lowest BCUT2D eigenvalue weighted by Crippen LogP contribution is -2.56. The molecular formula is C13H21N3O4. The van der Waals surface area contributed by atoms with Crippen LogP contribution in [0, 0.1) is 5.92 Å². The quantitative estimate of drug-likeness (QED) is 0.715. The van der Waals surface area contributed by atoms with Crippen LogP contribution < -0.4 is 5.32 Å². The van der Waals surface area contributed by atoms with Gasteiger partial charge in [0.2, 0.25) is 5.91 Å². The fourth-order valence-corrected chi connectivity index (χ4v) is 2.92. The first kappa shape index (κ1) is 14.6. The summed E-state index contributed by atoms with van der Waals surface area (Å²) in [4.78, 5) is 38.2. The molecule has 0 bridgehead atoms. The number of carbonyl (C=O) groups is 3. The third-order valence-corrected chi connectivity index (χ3v) is 4.02. The number of rotatable bonds is 1. The number of carboxylic acids is 1. The van der Waals surface area contributed by atoms with Crippen molar-refractivity contribution in [2.45, 2.75) is 32.2 Å². The van der Waals surface area contributed by atoms with Crippen LogP contribution in [0.1, 0.15) is 26.2 Å². The molecule has 2 unspecified atom stereocenters. The lowest BCUT2D eigenvalue weighted by atomic mass is 9.91. The summed E-state index contributed by atoms with van der Waals surface area (Å²) in [6, 6.07) is -1.02. The van der Waals surface area contributed by atoms with E-state index in [0.717, 1.165) is 12.8 Å². The zero-order chi connectivity index (χ0) is 14.7. The molecule has 2 rings (SSSR count). The van der Waals surface area contributed by atoms with Crippen LogP contribution in [0.2, 0.25) is 0 Å². The lowest BCUT2D eigenvalue weighted by molar-refractivity contribution is -0.145. The number of carboxylic acid groups (broad SMARTS) is 1. The molecule has 2 fully saturated rings. The second kappa shape index (κ2) is 6.11. The van der Waals surface area contributed by atoms with Crippen molar-refractivity contribution in [1.29, 1.82) is 0 Å². The van der Waals surface area contributed by atoms with Crippen molar-refractivity contribution in [3.63, 3.8) is 0 Å². The van der Waals surface area contributed by atoms with Gasteiger partial charge in [-0.25, -0.2) is 9.59 Å². The Morgan fingerprint density at radius 1 is 1.30 bits per heavy atom. The third-order valence-electron chi connectivity index (χ3n) is 4.02. The van der Waals surface area contributed by atoms with Crippen molar-refractivity contribution in [3.05, 3.63) is 0 Å². The van der Waals surface area contributed by atoms with E-state index in [9.17, 15) is 19.5 Å². The smallest absolute Gasteiger partial charge is 0.326 e. The van der Waals surface area contributed by atoms with Gasteiger partial charge in [-0.15, -0.1) is 0 Å². The van der Waals surface area contributed by atoms with Crippen LogP contribution in [0.25, 0.3) is 0 Å². The number of hydrogen-bond donors (Lipinski definition) is 2. The van der Waals surface area contributed by atoms with Crippen molar-refractivity contribution in [2.75, 3.05) is 26.2 Å². The normalized spacial score (nSPS) is 27.8. The van der Waals surface area contributed by atoms with Crippen LogP contribution in [0.3, 0.4) is 0 Å². The van der Waals surface area contributed by atoms with Gasteiger partial charge in [-0.3, -0.25) is 4.79 Å². The lowest BCUT2D eigenvalue weighted by Gasteiger charge is -2.39. The largest absolute Gasteiger partial charge is 0.480 e. The fraction of sp³-hybridized carbons (Fsp3) is 0.769. The number of amides is 3. The Balaban J connectivity index is 2.09. The SMILES string of the molecule is CC1CCCN(C(=O)N2CCNC(=O)CC2)C1C(=O)O. The van der Waals surface area contributed by atoms with Crippen molar-refractivity contribution in [3.8, 4) is 0 Å². The summed E-state index contributed by atoms with van der Waals surface area (Å²) in [6.45, 7) is 3.54. The molecule has 0 aliphatic carbocycles. The van der Waals surface area contributed by atoms with Gasteiger partial charge in [-0.1, -0.05) is 6.92 Å². The number of nitrogens with one attached hydrogen (secondary N) is 1.